The third-order valence-corrected chi connectivity index (χ3v) is 3.44. The second-order valence-corrected chi connectivity index (χ2v) is 5.04. The van der Waals surface area contributed by atoms with Crippen LogP contribution in [-0.2, 0) is 6.42 Å². The van der Waals surface area contributed by atoms with Crippen LogP contribution in [0.4, 0.5) is 5.69 Å². The molecule has 2 aromatic rings. The molecule has 0 saturated heterocycles. The number of anilines is 1. The van der Waals surface area contributed by atoms with Crippen molar-refractivity contribution in [3.8, 4) is 0 Å². The first-order valence-corrected chi connectivity index (χ1v) is 6.36. The lowest BCUT2D eigenvalue weighted by atomic mass is 10.1. The summed E-state index contributed by atoms with van der Waals surface area (Å²) in [7, 11) is 0. The second-order valence-electron chi connectivity index (χ2n) is 3.44. The predicted molar refractivity (Wildman–Crippen MR) is 76.7 cm³/mol. The van der Waals surface area contributed by atoms with Crippen molar-refractivity contribution in [1.29, 1.82) is 0 Å². The molecule has 0 spiro atoms. The largest absolute Gasteiger partial charge is 0.323 e. The minimum Gasteiger partial charge on any atom is -0.323 e. The topological polar surface area (TPSA) is 50.9 Å². The summed E-state index contributed by atoms with van der Waals surface area (Å²) in [5.74, 6) is 5.52. The van der Waals surface area contributed by atoms with E-state index in [1.807, 2.05) is 18.2 Å². The number of aromatic nitrogens is 1. The van der Waals surface area contributed by atoms with E-state index < -0.39 is 0 Å². The fourth-order valence-corrected chi connectivity index (χ4v) is 2.75. The highest BCUT2D eigenvalue weighted by atomic mass is 127. The average molecular weight is 348 g/mol. The standard InChI is InChI=1S/C11H11ClIN3/c1-2-7-5-10(16-14)8-3-6(12)4-9(13)11(8)15-7/h3-5H,2,14H2,1H3,(H,15,16). The Morgan fingerprint density at radius 1 is 1.44 bits per heavy atom. The number of rotatable bonds is 2. The van der Waals surface area contributed by atoms with Crippen molar-refractivity contribution in [3.05, 3.63) is 32.5 Å². The van der Waals surface area contributed by atoms with Crippen molar-refractivity contribution in [3.63, 3.8) is 0 Å². The fraction of sp³-hybridized carbons (Fsp3) is 0.182. The Kier molecular flexibility index (Phi) is 3.51. The van der Waals surface area contributed by atoms with E-state index in [1.54, 1.807) is 0 Å². The molecule has 1 heterocycles. The Balaban J connectivity index is 2.83. The number of nitrogens with one attached hydrogen (secondary N) is 1. The maximum absolute atomic E-state index is 6.03. The number of benzene rings is 1. The van der Waals surface area contributed by atoms with Crippen LogP contribution >= 0.6 is 34.2 Å². The van der Waals surface area contributed by atoms with Gasteiger partial charge < -0.3 is 5.43 Å². The van der Waals surface area contributed by atoms with E-state index >= 15 is 0 Å². The van der Waals surface area contributed by atoms with E-state index in [0.717, 1.165) is 32.3 Å². The Bertz CT molecular complexity index is 542. The van der Waals surface area contributed by atoms with Crippen molar-refractivity contribution in [2.24, 2.45) is 5.84 Å². The number of fused-ring (bicyclic) bond motifs is 1. The minimum atomic E-state index is 0.694. The van der Waals surface area contributed by atoms with Gasteiger partial charge in [0.15, 0.2) is 0 Å². The van der Waals surface area contributed by atoms with Gasteiger partial charge in [0.1, 0.15) is 0 Å². The lowest BCUT2D eigenvalue weighted by molar-refractivity contribution is 1.05. The number of pyridine rings is 1. The zero-order valence-electron chi connectivity index (χ0n) is 8.72. The van der Waals surface area contributed by atoms with Gasteiger partial charge in [0.05, 0.1) is 11.2 Å². The van der Waals surface area contributed by atoms with Crippen LogP contribution in [0, 0.1) is 3.57 Å². The minimum absolute atomic E-state index is 0.694. The van der Waals surface area contributed by atoms with Crippen LogP contribution in [0.1, 0.15) is 12.6 Å². The summed E-state index contributed by atoms with van der Waals surface area (Å²) in [4.78, 5) is 4.58. The van der Waals surface area contributed by atoms with E-state index in [4.69, 9.17) is 17.4 Å². The Morgan fingerprint density at radius 2 is 2.19 bits per heavy atom. The molecule has 3 nitrogen and oxygen atoms in total. The van der Waals surface area contributed by atoms with Crippen LogP contribution in [-0.4, -0.2) is 4.98 Å². The summed E-state index contributed by atoms with van der Waals surface area (Å²) >= 11 is 8.26. The number of nitrogens with zero attached hydrogens (tertiary/aromatic N) is 1. The molecule has 16 heavy (non-hydrogen) atoms. The quantitative estimate of drug-likeness (QED) is 0.498. The van der Waals surface area contributed by atoms with Crippen molar-refractivity contribution >= 4 is 50.8 Å². The van der Waals surface area contributed by atoms with Gasteiger partial charge in [-0.2, -0.15) is 0 Å². The second kappa shape index (κ2) is 4.73. The summed E-state index contributed by atoms with van der Waals surface area (Å²) in [6, 6.07) is 5.73. The molecule has 3 N–H and O–H groups in total. The molecule has 0 saturated carbocycles. The number of hydrogen-bond donors (Lipinski definition) is 2. The molecule has 2 rings (SSSR count). The molecule has 0 atom stereocenters. The molecule has 0 unspecified atom stereocenters. The van der Waals surface area contributed by atoms with E-state index in [1.165, 1.54) is 0 Å². The van der Waals surface area contributed by atoms with Crippen molar-refractivity contribution in [2.45, 2.75) is 13.3 Å². The third-order valence-electron chi connectivity index (χ3n) is 2.40. The first-order chi connectivity index (χ1) is 7.65. The van der Waals surface area contributed by atoms with Gasteiger partial charge >= 0.3 is 0 Å². The maximum Gasteiger partial charge on any atom is 0.0860 e. The highest BCUT2D eigenvalue weighted by Crippen LogP contribution is 2.29. The SMILES string of the molecule is CCc1cc(NN)c2cc(Cl)cc(I)c2n1. The fourth-order valence-electron chi connectivity index (χ4n) is 1.61. The van der Waals surface area contributed by atoms with E-state index in [9.17, 15) is 0 Å². The van der Waals surface area contributed by atoms with Crippen LogP contribution in [0.5, 0.6) is 0 Å². The Hall–Kier alpha value is -0.590. The molecule has 0 bridgehead atoms. The number of hydrogen-bond acceptors (Lipinski definition) is 3. The summed E-state index contributed by atoms with van der Waals surface area (Å²) in [5, 5.41) is 1.65. The molecule has 0 aliphatic carbocycles. The van der Waals surface area contributed by atoms with Crippen molar-refractivity contribution in [1.82, 2.24) is 4.98 Å². The van der Waals surface area contributed by atoms with Crippen LogP contribution in [0.25, 0.3) is 10.9 Å². The highest BCUT2D eigenvalue weighted by Gasteiger charge is 2.08. The summed E-state index contributed by atoms with van der Waals surface area (Å²) in [6.45, 7) is 2.07. The first-order valence-electron chi connectivity index (χ1n) is 4.91. The van der Waals surface area contributed by atoms with Gasteiger partial charge in [-0.05, 0) is 47.2 Å². The monoisotopic (exact) mass is 347 g/mol. The van der Waals surface area contributed by atoms with Crippen LogP contribution < -0.4 is 11.3 Å². The molecule has 5 heteroatoms. The van der Waals surface area contributed by atoms with Crippen LogP contribution in [0.15, 0.2) is 18.2 Å². The smallest absolute Gasteiger partial charge is 0.0860 e. The van der Waals surface area contributed by atoms with Gasteiger partial charge in [0.25, 0.3) is 0 Å². The van der Waals surface area contributed by atoms with Gasteiger partial charge in [-0.15, -0.1) is 0 Å². The Labute approximate surface area is 112 Å². The molecule has 0 aliphatic rings. The maximum atomic E-state index is 6.03. The number of nitrogen functional groups attached to an aromatic ring is 1. The summed E-state index contributed by atoms with van der Waals surface area (Å²) < 4.78 is 1.03. The number of nitrogens with two attached hydrogens (primary N) is 1. The molecular weight excluding hydrogens is 336 g/mol. The summed E-state index contributed by atoms with van der Waals surface area (Å²) in [5.41, 5.74) is 5.52. The number of aryl methyl sites for hydroxylation is 1. The molecule has 84 valence electrons. The number of hydrazine groups is 1. The first kappa shape index (κ1) is 11.9. The molecule has 0 aliphatic heterocycles. The van der Waals surface area contributed by atoms with Gasteiger partial charge in [0.2, 0.25) is 0 Å². The molecular formula is C11H11ClIN3. The lowest BCUT2D eigenvalue weighted by Crippen LogP contribution is -2.08. The average Bonchev–Trinajstić information content (AvgIpc) is 2.28. The lowest BCUT2D eigenvalue weighted by Gasteiger charge is -2.09. The molecule has 0 fully saturated rings. The zero-order chi connectivity index (χ0) is 11.7. The zero-order valence-corrected chi connectivity index (χ0v) is 11.6. The normalized spacial score (nSPS) is 10.8. The van der Waals surface area contributed by atoms with Gasteiger partial charge in [0, 0.05) is 19.7 Å². The third kappa shape index (κ3) is 2.09. The van der Waals surface area contributed by atoms with Gasteiger partial charge in [-0.1, -0.05) is 18.5 Å². The van der Waals surface area contributed by atoms with Gasteiger partial charge in [-0.25, -0.2) is 0 Å². The Morgan fingerprint density at radius 3 is 2.81 bits per heavy atom. The van der Waals surface area contributed by atoms with Crippen molar-refractivity contribution < 1.29 is 0 Å². The van der Waals surface area contributed by atoms with Crippen molar-refractivity contribution in [2.75, 3.05) is 5.43 Å². The number of halogens is 2. The molecule has 1 aromatic heterocycles. The molecule has 0 radical (unpaired) electrons. The van der Waals surface area contributed by atoms with E-state index in [-0.39, 0.29) is 0 Å². The highest BCUT2D eigenvalue weighted by molar-refractivity contribution is 14.1. The predicted octanol–water partition coefficient (Wildman–Crippen LogP) is 3.34. The molecule has 0 amide bonds. The van der Waals surface area contributed by atoms with E-state index in [0.29, 0.717) is 5.02 Å². The van der Waals surface area contributed by atoms with E-state index in [2.05, 4.69) is 39.9 Å². The summed E-state index contributed by atoms with van der Waals surface area (Å²) in [6.07, 6.45) is 0.878. The molecule has 1 aromatic carbocycles. The van der Waals surface area contributed by atoms with Crippen LogP contribution in [0.2, 0.25) is 5.02 Å². The van der Waals surface area contributed by atoms with Crippen LogP contribution in [0.3, 0.4) is 0 Å². The van der Waals surface area contributed by atoms with Gasteiger partial charge in [-0.3, -0.25) is 10.8 Å².